The van der Waals surface area contributed by atoms with Gasteiger partial charge in [-0.05, 0) is 31.4 Å². The van der Waals surface area contributed by atoms with Gasteiger partial charge in [0.25, 0.3) is 5.91 Å². The number of carbonyl (C=O) groups is 1. The molecule has 0 fully saturated rings. The van der Waals surface area contributed by atoms with Gasteiger partial charge < -0.3 is 10.2 Å². The number of hydrogen-bond acceptors (Lipinski definition) is 4. The molecule has 1 heterocycles. The fourth-order valence-electron chi connectivity index (χ4n) is 1.66. The van der Waals surface area contributed by atoms with Crippen LogP contribution in [0.3, 0.4) is 0 Å². The highest BCUT2D eigenvalue weighted by Gasteiger charge is 2.15. The molecule has 1 rings (SSSR count). The lowest BCUT2D eigenvalue weighted by molar-refractivity contribution is 0.0796. The molecule has 100 valence electrons. The first kappa shape index (κ1) is 14.8. The summed E-state index contributed by atoms with van der Waals surface area (Å²) in [6.07, 6.45) is 6.42. The molecule has 0 bridgehead atoms. The van der Waals surface area contributed by atoms with Gasteiger partial charge in [0.2, 0.25) is 0 Å². The Morgan fingerprint density at radius 3 is 3.00 bits per heavy atom. The Kier molecular flexibility index (Phi) is 6.57. The highest BCUT2D eigenvalue weighted by atomic mass is 32.2. The van der Waals surface area contributed by atoms with Crippen molar-refractivity contribution in [2.24, 2.45) is 0 Å². The number of amides is 1. The molecule has 0 atom stereocenters. The van der Waals surface area contributed by atoms with Crippen LogP contribution in [0.25, 0.3) is 0 Å². The maximum atomic E-state index is 12.3. The molecule has 0 saturated heterocycles. The summed E-state index contributed by atoms with van der Waals surface area (Å²) in [5.41, 5.74) is 1.50. The van der Waals surface area contributed by atoms with E-state index in [1.54, 1.807) is 29.1 Å². The summed E-state index contributed by atoms with van der Waals surface area (Å²) in [5.74, 6) is 1.10. The van der Waals surface area contributed by atoms with E-state index in [0.717, 1.165) is 31.0 Å². The second-order valence-corrected chi connectivity index (χ2v) is 5.01. The minimum Gasteiger partial charge on any atom is -0.385 e. The van der Waals surface area contributed by atoms with Gasteiger partial charge in [-0.15, -0.1) is 0 Å². The van der Waals surface area contributed by atoms with Crippen LogP contribution in [-0.2, 0) is 0 Å². The maximum Gasteiger partial charge on any atom is 0.257 e. The average molecular weight is 267 g/mol. The first-order valence-electron chi connectivity index (χ1n) is 6.13. The lowest BCUT2D eigenvalue weighted by Gasteiger charge is -2.18. The van der Waals surface area contributed by atoms with Gasteiger partial charge in [-0.25, -0.2) is 0 Å². The fourth-order valence-corrected chi connectivity index (χ4v) is 2.08. The molecule has 18 heavy (non-hydrogen) atoms. The second kappa shape index (κ2) is 7.97. The number of nitrogens with one attached hydrogen (secondary N) is 1. The molecule has 1 amide bonds. The normalized spacial score (nSPS) is 10.2. The smallest absolute Gasteiger partial charge is 0.257 e. The molecule has 1 aromatic heterocycles. The van der Waals surface area contributed by atoms with Crippen molar-refractivity contribution in [3.05, 3.63) is 24.0 Å². The number of aromatic nitrogens is 1. The quantitative estimate of drug-likeness (QED) is 0.770. The van der Waals surface area contributed by atoms with E-state index in [9.17, 15) is 4.79 Å². The highest BCUT2D eigenvalue weighted by molar-refractivity contribution is 7.98. The van der Waals surface area contributed by atoms with Gasteiger partial charge in [0, 0.05) is 32.5 Å². The number of nitrogens with zero attached hydrogens (tertiary/aromatic N) is 2. The first-order valence-corrected chi connectivity index (χ1v) is 7.52. The lowest BCUT2D eigenvalue weighted by Crippen LogP contribution is -2.29. The van der Waals surface area contributed by atoms with Gasteiger partial charge in [-0.1, -0.05) is 0 Å². The number of thioether (sulfide) groups is 1. The Balaban J connectivity index is 2.70. The van der Waals surface area contributed by atoms with Crippen LogP contribution in [0.15, 0.2) is 18.5 Å². The molecule has 0 unspecified atom stereocenters. The Bertz CT molecular complexity index is 384. The van der Waals surface area contributed by atoms with E-state index in [1.807, 2.05) is 20.0 Å². The molecular formula is C13H21N3OS. The molecule has 0 aliphatic carbocycles. The van der Waals surface area contributed by atoms with Gasteiger partial charge in [-0.2, -0.15) is 11.8 Å². The zero-order valence-corrected chi connectivity index (χ0v) is 12.1. The van der Waals surface area contributed by atoms with Gasteiger partial charge in [-0.3, -0.25) is 9.78 Å². The van der Waals surface area contributed by atoms with Crippen LogP contribution in [0.1, 0.15) is 23.7 Å². The van der Waals surface area contributed by atoms with E-state index in [-0.39, 0.29) is 5.91 Å². The van der Waals surface area contributed by atoms with Gasteiger partial charge in [0.15, 0.2) is 0 Å². The van der Waals surface area contributed by atoms with Crippen molar-refractivity contribution in [2.75, 3.05) is 37.5 Å². The van der Waals surface area contributed by atoms with Crippen molar-refractivity contribution in [1.29, 1.82) is 0 Å². The standard InChI is InChI=1S/C13H21N3OS/c1-4-15-12-6-7-14-10-11(12)13(17)16(2)8-5-9-18-3/h6-7,10H,4-5,8-9H2,1-3H3,(H,14,15). The van der Waals surface area contributed by atoms with Crippen molar-refractivity contribution < 1.29 is 4.79 Å². The molecule has 0 aliphatic rings. The average Bonchev–Trinajstić information content (AvgIpc) is 2.39. The molecule has 0 saturated carbocycles. The van der Waals surface area contributed by atoms with Crippen LogP contribution in [0.4, 0.5) is 5.69 Å². The third-order valence-electron chi connectivity index (χ3n) is 2.61. The molecule has 0 aliphatic heterocycles. The van der Waals surface area contributed by atoms with Crippen LogP contribution in [-0.4, -0.2) is 47.9 Å². The third-order valence-corrected chi connectivity index (χ3v) is 3.30. The van der Waals surface area contributed by atoms with Crippen molar-refractivity contribution in [3.8, 4) is 0 Å². The van der Waals surface area contributed by atoms with Crippen LogP contribution in [0.2, 0.25) is 0 Å². The lowest BCUT2D eigenvalue weighted by atomic mass is 10.2. The molecule has 5 heteroatoms. The van der Waals surface area contributed by atoms with Crippen LogP contribution >= 0.6 is 11.8 Å². The second-order valence-electron chi connectivity index (χ2n) is 4.02. The van der Waals surface area contributed by atoms with E-state index in [4.69, 9.17) is 0 Å². The minimum absolute atomic E-state index is 0.0279. The first-order chi connectivity index (χ1) is 8.70. The topological polar surface area (TPSA) is 45.2 Å². The molecule has 1 N–H and O–H groups in total. The van der Waals surface area contributed by atoms with Gasteiger partial charge >= 0.3 is 0 Å². The van der Waals surface area contributed by atoms with E-state index in [1.165, 1.54) is 0 Å². The predicted molar refractivity (Wildman–Crippen MR) is 78.4 cm³/mol. The van der Waals surface area contributed by atoms with Gasteiger partial charge in [0.05, 0.1) is 11.3 Å². The molecule has 0 radical (unpaired) electrons. The number of pyridine rings is 1. The molecule has 0 spiro atoms. The summed E-state index contributed by atoms with van der Waals surface area (Å²) in [6.45, 7) is 3.58. The van der Waals surface area contributed by atoms with Crippen LogP contribution < -0.4 is 5.32 Å². The predicted octanol–water partition coefficient (Wildman–Crippen LogP) is 2.34. The Labute approximate surface area is 113 Å². The molecule has 0 aromatic carbocycles. The summed E-state index contributed by atoms with van der Waals surface area (Å²) in [6, 6.07) is 1.84. The van der Waals surface area contributed by atoms with E-state index >= 15 is 0 Å². The monoisotopic (exact) mass is 267 g/mol. The number of rotatable bonds is 7. The zero-order chi connectivity index (χ0) is 13.4. The van der Waals surface area contributed by atoms with Crippen molar-refractivity contribution in [1.82, 2.24) is 9.88 Å². The van der Waals surface area contributed by atoms with Crippen molar-refractivity contribution in [2.45, 2.75) is 13.3 Å². The number of carbonyl (C=O) groups excluding carboxylic acids is 1. The summed E-state index contributed by atoms with van der Waals surface area (Å²) in [7, 11) is 1.84. The van der Waals surface area contributed by atoms with Crippen molar-refractivity contribution >= 4 is 23.4 Å². The largest absolute Gasteiger partial charge is 0.385 e. The Morgan fingerprint density at radius 1 is 1.56 bits per heavy atom. The van der Waals surface area contributed by atoms with E-state index in [0.29, 0.717) is 5.56 Å². The van der Waals surface area contributed by atoms with Crippen molar-refractivity contribution in [3.63, 3.8) is 0 Å². The Morgan fingerprint density at radius 2 is 2.33 bits per heavy atom. The molecule has 1 aromatic rings. The summed E-state index contributed by atoms with van der Waals surface area (Å²) >= 11 is 1.80. The third kappa shape index (κ3) is 4.22. The summed E-state index contributed by atoms with van der Waals surface area (Å²) < 4.78 is 0. The summed E-state index contributed by atoms with van der Waals surface area (Å²) in [4.78, 5) is 18.1. The van der Waals surface area contributed by atoms with Gasteiger partial charge in [0.1, 0.15) is 0 Å². The number of hydrogen-bond donors (Lipinski definition) is 1. The molecular weight excluding hydrogens is 246 g/mol. The zero-order valence-electron chi connectivity index (χ0n) is 11.3. The minimum atomic E-state index is 0.0279. The SMILES string of the molecule is CCNc1ccncc1C(=O)N(C)CCCSC. The Hall–Kier alpha value is -1.23. The fraction of sp³-hybridized carbons (Fsp3) is 0.538. The highest BCUT2D eigenvalue weighted by Crippen LogP contribution is 2.15. The maximum absolute atomic E-state index is 12.3. The van der Waals surface area contributed by atoms with Crippen LogP contribution in [0, 0.1) is 0 Å². The number of anilines is 1. The van der Waals surface area contributed by atoms with Crippen LogP contribution in [0.5, 0.6) is 0 Å². The summed E-state index contributed by atoms with van der Waals surface area (Å²) in [5, 5.41) is 3.19. The molecule has 4 nitrogen and oxygen atoms in total. The van der Waals surface area contributed by atoms with E-state index < -0.39 is 0 Å². The van der Waals surface area contributed by atoms with E-state index in [2.05, 4.69) is 16.6 Å².